The van der Waals surface area contributed by atoms with Gasteiger partial charge < -0.3 is 55.0 Å². The van der Waals surface area contributed by atoms with Gasteiger partial charge in [0.25, 0.3) is 0 Å². The van der Waals surface area contributed by atoms with E-state index < -0.39 is 80.7 Å². The molecular formula is C12H23O13PS. The highest BCUT2D eigenvalue weighted by molar-refractivity contribution is 8.00. The van der Waals surface area contributed by atoms with E-state index in [0.717, 1.165) is 0 Å². The second kappa shape index (κ2) is 9.28. The quantitative estimate of drug-likeness (QED) is 0.178. The van der Waals surface area contributed by atoms with Crippen LogP contribution >= 0.6 is 19.6 Å². The second-order valence-corrected chi connectivity index (χ2v) is 8.65. The fraction of sp³-hybridized carbons (Fsp3) is 1.00. The van der Waals surface area contributed by atoms with Gasteiger partial charge in [-0.25, -0.2) is 4.57 Å². The van der Waals surface area contributed by atoms with E-state index in [-0.39, 0.29) is 0 Å². The van der Waals surface area contributed by atoms with Crippen LogP contribution in [0.2, 0.25) is 0 Å². The fourth-order valence-corrected chi connectivity index (χ4v) is 4.55. The Morgan fingerprint density at radius 2 is 1.48 bits per heavy atom. The van der Waals surface area contributed by atoms with Crippen molar-refractivity contribution in [3.8, 4) is 0 Å². The van der Waals surface area contributed by atoms with E-state index in [0.29, 0.717) is 11.8 Å². The van der Waals surface area contributed by atoms with E-state index in [2.05, 4.69) is 4.52 Å². The van der Waals surface area contributed by atoms with Crippen molar-refractivity contribution in [1.29, 1.82) is 0 Å². The molecule has 2 aliphatic heterocycles. The Balaban J connectivity index is 2.11. The predicted molar refractivity (Wildman–Crippen MR) is 86.0 cm³/mol. The van der Waals surface area contributed by atoms with Crippen molar-refractivity contribution in [3.63, 3.8) is 0 Å². The Morgan fingerprint density at radius 3 is 2.04 bits per heavy atom. The molecule has 160 valence electrons. The molecule has 0 radical (unpaired) electrons. The summed E-state index contributed by atoms with van der Waals surface area (Å²) in [6.07, 6.45) is -12.8. The van der Waals surface area contributed by atoms with Gasteiger partial charge in [0.1, 0.15) is 36.0 Å². The van der Waals surface area contributed by atoms with Gasteiger partial charge in [0.05, 0.1) is 30.7 Å². The zero-order valence-corrected chi connectivity index (χ0v) is 15.4. The van der Waals surface area contributed by atoms with Crippen molar-refractivity contribution in [2.45, 2.75) is 59.7 Å². The predicted octanol–water partition coefficient (Wildman–Crippen LogP) is -4.56. The van der Waals surface area contributed by atoms with Gasteiger partial charge in [-0.3, -0.25) is 4.52 Å². The lowest BCUT2D eigenvalue weighted by atomic mass is 10.0. The molecule has 2 aliphatic rings. The van der Waals surface area contributed by atoms with E-state index >= 15 is 0 Å². The summed E-state index contributed by atoms with van der Waals surface area (Å²) in [5, 5.41) is 67.5. The normalized spacial score (nSPS) is 46.4. The molecule has 0 spiro atoms. The Morgan fingerprint density at radius 1 is 0.852 bits per heavy atom. The molecule has 0 aromatic heterocycles. The number of thioether (sulfide) groups is 1. The third-order valence-corrected chi connectivity index (χ3v) is 6.25. The standard InChI is InChI=1S/C12H23O13PS/c13-1-3-10(7(16)8(17)11(19)24-3)27-12-9(18)6(15)5(14)4(25-12)2-23-26(20,21)22/h3-19H,1-2H2,(H2,20,21,22)/t3-,4+,5-,6+,7-,8-,9-,10-,11-,12+/m1/s1. The zero-order valence-electron chi connectivity index (χ0n) is 13.7. The van der Waals surface area contributed by atoms with Gasteiger partial charge in [0.2, 0.25) is 0 Å². The monoisotopic (exact) mass is 438 g/mol. The average molecular weight is 438 g/mol. The summed E-state index contributed by atoms with van der Waals surface area (Å²) in [6.45, 7) is -1.46. The molecule has 0 aromatic carbocycles. The molecule has 2 fully saturated rings. The maximum Gasteiger partial charge on any atom is 0.469 e. The molecule has 0 saturated carbocycles. The van der Waals surface area contributed by atoms with E-state index in [9.17, 15) is 40.3 Å². The Hall–Kier alpha value is 0.100. The first kappa shape index (κ1) is 23.4. The van der Waals surface area contributed by atoms with Crippen LogP contribution in [0.3, 0.4) is 0 Å². The van der Waals surface area contributed by atoms with Crippen LogP contribution in [0.5, 0.6) is 0 Å². The van der Waals surface area contributed by atoms with Crippen LogP contribution < -0.4 is 0 Å². The number of hydrogen-bond donors (Lipinski definition) is 9. The topological polar surface area (TPSA) is 227 Å². The number of phosphoric acid groups is 1. The first-order chi connectivity index (χ1) is 12.5. The molecule has 2 heterocycles. The third kappa shape index (κ3) is 5.58. The Bertz CT molecular complexity index is 531. The van der Waals surface area contributed by atoms with Gasteiger partial charge in [-0.2, -0.15) is 0 Å². The van der Waals surface area contributed by atoms with Gasteiger partial charge in [0, 0.05) is 0 Å². The molecule has 13 nitrogen and oxygen atoms in total. The van der Waals surface area contributed by atoms with Crippen LogP contribution in [-0.4, -0.2) is 118 Å². The van der Waals surface area contributed by atoms with Gasteiger partial charge in [-0.05, 0) is 0 Å². The third-order valence-electron chi connectivity index (χ3n) is 4.21. The Labute approximate surface area is 157 Å². The summed E-state index contributed by atoms with van der Waals surface area (Å²) < 4.78 is 25.4. The molecular weight excluding hydrogens is 415 g/mol. The first-order valence-electron chi connectivity index (χ1n) is 7.82. The number of ether oxygens (including phenoxy) is 2. The first-order valence-corrected chi connectivity index (χ1v) is 10.3. The lowest BCUT2D eigenvalue weighted by Gasteiger charge is -2.45. The van der Waals surface area contributed by atoms with Gasteiger partial charge in [0.15, 0.2) is 6.29 Å². The van der Waals surface area contributed by atoms with Crippen molar-refractivity contribution < 1.29 is 64.1 Å². The van der Waals surface area contributed by atoms with Gasteiger partial charge in [-0.15, -0.1) is 11.8 Å². The van der Waals surface area contributed by atoms with Crippen LogP contribution in [0.1, 0.15) is 0 Å². The number of rotatable bonds is 6. The highest BCUT2D eigenvalue weighted by atomic mass is 32.2. The summed E-state index contributed by atoms with van der Waals surface area (Å²) in [6, 6.07) is 0. The Kier molecular flexibility index (Phi) is 8.03. The minimum absolute atomic E-state index is 0.640. The molecule has 2 rings (SSSR count). The molecule has 9 N–H and O–H groups in total. The number of aliphatic hydroxyl groups is 7. The highest BCUT2D eigenvalue weighted by Gasteiger charge is 2.50. The lowest BCUT2D eigenvalue weighted by molar-refractivity contribution is -0.249. The van der Waals surface area contributed by atoms with Crippen LogP contribution in [0.25, 0.3) is 0 Å². The van der Waals surface area contributed by atoms with Crippen LogP contribution in [0.15, 0.2) is 0 Å². The van der Waals surface area contributed by atoms with Gasteiger partial charge in [-0.1, -0.05) is 0 Å². The lowest BCUT2D eigenvalue weighted by Crippen LogP contribution is -2.61. The second-order valence-electron chi connectivity index (χ2n) is 6.13. The summed E-state index contributed by atoms with van der Waals surface area (Å²) in [7, 11) is -4.88. The minimum atomic E-state index is -4.88. The van der Waals surface area contributed by atoms with Crippen molar-refractivity contribution in [1.82, 2.24) is 0 Å². The molecule has 0 unspecified atom stereocenters. The van der Waals surface area contributed by atoms with Crippen LogP contribution in [0, 0.1) is 0 Å². The number of aliphatic hydroxyl groups excluding tert-OH is 7. The summed E-state index contributed by atoms with van der Waals surface area (Å²) in [5.74, 6) is 0. The maximum absolute atomic E-state index is 10.8. The van der Waals surface area contributed by atoms with E-state index in [4.69, 9.17) is 19.3 Å². The van der Waals surface area contributed by atoms with Crippen molar-refractivity contribution in [3.05, 3.63) is 0 Å². The largest absolute Gasteiger partial charge is 0.469 e. The smallest absolute Gasteiger partial charge is 0.394 e. The molecule has 15 heteroatoms. The molecule has 0 aromatic rings. The van der Waals surface area contributed by atoms with Gasteiger partial charge >= 0.3 is 7.82 Å². The zero-order chi connectivity index (χ0) is 20.5. The maximum atomic E-state index is 10.8. The summed E-state index contributed by atoms with van der Waals surface area (Å²) in [5.41, 5.74) is -1.35. The summed E-state index contributed by atoms with van der Waals surface area (Å²) in [4.78, 5) is 17.5. The van der Waals surface area contributed by atoms with Crippen molar-refractivity contribution in [2.75, 3.05) is 13.2 Å². The number of phosphoric ester groups is 1. The minimum Gasteiger partial charge on any atom is -0.394 e. The fourth-order valence-electron chi connectivity index (χ4n) is 2.73. The van der Waals surface area contributed by atoms with E-state index in [1.807, 2.05) is 0 Å². The van der Waals surface area contributed by atoms with Crippen molar-refractivity contribution >= 4 is 19.6 Å². The van der Waals surface area contributed by atoms with Crippen LogP contribution in [0.4, 0.5) is 0 Å². The summed E-state index contributed by atoms with van der Waals surface area (Å²) >= 11 is 0.640. The van der Waals surface area contributed by atoms with E-state index in [1.165, 1.54) is 0 Å². The number of hydrogen-bond acceptors (Lipinski definition) is 12. The molecule has 27 heavy (non-hydrogen) atoms. The molecule has 10 atom stereocenters. The van der Waals surface area contributed by atoms with Crippen molar-refractivity contribution in [2.24, 2.45) is 0 Å². The molecule has 2 saturated heterocycles. The molecule has 0 amide bonds. The highest BCUT2D eigenvalue weighted by Crippen LogP contribution is 2.40. The SMILES string of the molecule is O=P(O)(O)OC[C@@H]1O[C@@H](S[C@H]2[C@H](O)[C@@H](O)[C@H](O)O[C@@H]2CO)[C@H](O)[C@@H](O)[C@@H]1O. The van der Waals surface area contributed by atoms with E-state index in [1.54, 1.807) is 0 Å². The van der Waals surface area contributed by atoms with Crippen LogP contribution in [-0.2, 0) is 18.6 Å². The molecule has 0 bridgehead atoms. The molecule has 0 aliphatic carbocycles. The average Bonchev–Trinajstić information content (AvgIpc) is 2.60.